The lowest BCUT2D eigenvalue weighted by molar-refractivity contribution is -0.143. The molecule has 1 aromatic heterocycles. The second-order valence-corrected chi connectivity index (χ2v) is 8.19. The molecule has 8 nitrogen and oxygen atoms in total. The van der Waals surface area contributed by atoms with Crippen molar-refractivity contribution in [1.82, 2.24) is 4.31 Å². The fourth-order valence-electron chi connectivity index (χ4n) is 2.04. The molecule has 1 atom stereocenters. The molecular formula is C14H22N2O6S2. The number of carbonyl (C=O) groups excluding carboxylic acids is 2. The normalized spacial score (nSPS) is 13.0. The van der Waals surface area contributed by atoms with Crippen LogP contribution in [0.1, 0.15) is 17.4 Å². The molecular weight excluding hydrogens is 356 g/mol. The summed E-state index contributed by atoms with van der Waals surface area (Å²) in [5, 5.41) is 1.85. The maximum absolute atomic E-state index is 12.6. The van der Waals surface area contributed by atoms with Gasteiger partial charge in [-0.1, -0.05) is 0 Å². The maximum atomic E-state index is 12.6. The second-order valence-electron chi connectivity index (χ2n) is 5.29. The van der Waals surface area contributed by atoms with Gasteiger partial charge in [-0.3, -0.25) is 9.69 Å². The molecule has 0 bridgehead atoms. The van der Waals surface area contributed by atoms with E-state index in [2.05, 4.69) is 0 Å². The van der Waals surface area contributed by atoms with E-state index in [-0.39, 0.29) is 0 Å². The molecule has 0 spiro atoms. The van der Waals surface area contributed by atoms with Crippen LogP contribution >= 0.6 is 11.3 Å². The van der Waals surface area contributed by atoms with Gasteiger partial charge in [-0.25, -0.2) is 8.98 Å². The molecule has 1 amide bonds. The van der Waals surface area contributed by atoms with Crippen LogP contribution in [-0.4, -0.2) is 58.5 Å². The van der Waals surface area contributed by atoms with Crippen molar-refractivity contribution in [2.45, 2.75) is 26.8 Å². The number of carbonyl (C=O) groups is 2. The number of aryl methyl sites for hydroxylation is 2. The molecule has 0 aliphatic carbocycles. The van der Waals surface area contributed by atoms with Gasteiger partial charge in [0.2, 0.25) is 0 Å². The number of esters is 1. The zero-order valence-corrected chi connectivity index (χ0v) is 16.2. The highest BCUT2D eigenvalue weighted by Crippen LogP contribution is 2.32. The van der Waals surface area contributed by atoms with E-state index >= 15 is 0 Å². The van der Waals surface area contributed by atoms with Gasteiger partial charge in [-0.15, -0.1) is 11.3 Å². The Kier molecular flexibility index (Phi) is 6.90. The van der Waals surface area contributed by atoms with Crippen LogP contribution in [0.25, 0.3) is 0 Å². The van der Waals surface area contributed by atoms with Crippen LogP contribution < -0.4 is 4.90 Å². The largest absolute Gasteiger partial charge is 0.467 e. The van der Waals surface area contributed by atoms with E-state index in [1.165, 1.54) is 44.4 Å². The van der Waals surface area contributed by atoms with Crippen molar-refractivity contribution >= 4 is 39.2 Å². The van der Waals surface area contributed by atoms with Crippen molar-refractivity contribution in [2.24, 2.45) is 0 Å². The van der Waals surface area contributed by atoms with Crippen molar-refractivity contribution in [1.29, 1.82) is 0 Å². The molecule has 0 N–H and O–H groups in total. The zero-order chi connectivity index (χ0) is 18.7. The SMILES string of the molecule is COC(=O)[C@H](C)N(C(=O)COS(=O)(=O)N(C)C)c1c(C)csc1C. The molecule has 136 valence electrons. The molecule has 24 heavy (non-hydrogen) atoms. The molecule has 0 radical (unpaired) electrons. The molecule has 0 aromatic carbocycles. The summed E-state index contributed by atoms with van der Waals surface area (Å²) in [6, 6.07) is -0.917. The minimum absolute atomic E-state index is 0.564. The Hall–Kier alpha value is -1.49. The summed E-state index contributed by atoms with van der Waals surface area (Å²) in [5.74, 6) is -1.26. The summed E-state index contributed by atoms with van der Waals surface area (Å²) >= 11 is 1.43. The molecule has 10 heteroatoms. The first-order valence-electron chi connectivity index (χ1n) is 7.04. The van der Waals surface area contributed by atoms with Crippen molar-refractivity contribution in [2.75, 3.05) is 32.7 Å². The first-order valence-corrected chi connectivity index (χ1v) is 9.28. The molecule has 0 saturated carbocycles. The van der Waals surface area contributed by atoms with Crippen LogP contribution in [0.4, 0.5) is 5.69 Å². The Morgan fingerprint density at radius 3 is 2.29 bits per heavy atom. The Bertz CT molecular complexity index is 691. The van der Waals surface area contributed by atoms with Crippen LogP contribution in [0.2, 0.25) is 0 Å². The van der Waals surface area contributed by atoms with Crippen molar-refractivity contribution < 1.29 is 26.9 Å². The van der Waals surface area contributed by atoms with Gasteiger partial charge in [0, 0.05) is 19.0 Å². The average molecular weight is 378 g/mol. The predicted octanol–water partition coefficient (Wildman–Crippen LogP) is 1.08. The van der Waals surface area contributed by atoms with E-state index < -0.39 is 34.8 Å². The summed E-state index contributed by atoms with van der Waals surface area (Å²) in [6.07, 6.45) is 0. The number of hydrogen-bond acceptors (Lipinski definition) is 7. The van der Waals surface area contributed by atoms with Crippen LogP contribution in [0.15, 0.2) is 5.38 Å². The highest BCUT2D eigenvalue weighted by Gasteiger charge is 2.32. The quantitative estimate of drug-likeness (QED) is 0.659. The van der Waals surface area contributed by atoms with Crippen molar-refractivity contribution in [3.8, 4) is 0 Å². The fourth-order valence-corrected chi connectivity index (χ4v) is 3.33. The number of methoxy groups -OCH3 is 1. The number of nitrogens with zero attached hydrogens (tertiary/aromatic N) is 2. The summed E-state index contributed by atoms with van der Waals surface area (Å²) in [7, 11) is -0.184. The maximum Gasteiger partial charge on any atom is 0.338 e. The summed E-state index contributed by atoms with van der Waals surface area (Å²) in [6.45, 7) is 4.42. The Labute approximate surface area is 146 Å². The monoisotopic (exact) mass is 378 g/mol. The molecule has 1 heterocycles. The Morgan fingerprint density at radius 1 is 1.29 bits per heavy atom. The van der Waals surface area contributed by atoms with Gasteiger partial charge in [-0.2, -0.15) is 12.7 Å². The summed E-state index contributed by atoms with van der Waals surface area (Å²) in [5.41, 5.74) is 1.37. The number of rotatable bonds is 7. The van der Waals surface area contributed by atoms with Crippen LogP contribution in [0.3, 0.4) is 0 Å². The van der Waals surface area contributed by atoms with Crippen molar-refractivity contribution in [3.05, 3.63) is 15.8 Å². The molecule has 1 rings (SSSR count). The van der Waals surface area contributed by atoms with E-state index in [0.29, 0.717) is 5.69 Å². The van der Waals surface area contributed by atoms with Crippen LogP contribution in [0, 0.1) is 13.8 Å². The minimum atomic E-state index is -4.00. The molecule has 1 aromatic rings. The number of thiophene rings is 1. The summed E-state index contributed by atoms with van der Waals surface area (Å²) in [4.78, 5) is 26.5. The number of ether oxygens (including phenoxy) is 1. The molecule has 0 unspecified atom stereocenters. The van der Waals surface area contributed by atoms with E-state index in [4.69, 9.17) is 8.92 Å². The molecule has 0 saturated heterocycles. The van der Waals surface area contributed by atoms with Crippen LogP contribution in [-0.2, 0) is 28.8 Å². The molecule has 0 fully saturated rings. The van der Waals surface area contributed by atoms with Gasteiger partial charge >= 0.3 is 16.3 Å². The fraction of sp³-hybridized carbons (Fsp3) is 0.571. The summed E-state index contributed by atoms with van der Waals surface area (Å²) < 4.78 is 33.7. The highest BCUT2D eigenvalue weighted by atomic mass is 32.2. The first-order chi connectivity index (χ1) is 11.0. The lowest BCUT2D eigenvalue weighted by Gasteiger charge is -2.28. The van der Waals surface area contributed by atoms with E-state index in [9.17, 15) is 18.0 Å². The van der Waals surface area contributed by atoms with E-state index in [1.807, 2.05) is 12.3 Å². The first kappa shape index (κ1) is 20.6. The van der Waals surface area contributed by atoms with E-state index in [0.717, 1.165) is 14.7 Å². The predicted molar refractivity (Wildman–Crippen MR) is 91.3 cm³/mol. The van der Waals surface area contributed by atoms with Gasteiger partial charge in [0.25, 0.3) is 5.91 Å². The lowest BCUT2D eigenvalue weighted by atomic mass is 10.2. The topological polar surface area (TPSA) is 93.2 Å². The third-order valence-electron chi connectivity index (χ3n) is 3.34. The standard InChI is InChI=1S/C14H22N2O6S2/c1-9-8-23-11(3)13(9)16(10(2)14(18)21-6)12(17)7-22-24(19,20)15(4)5/h8,10H,7H2,1-6H3/t10-/m0/s1. The number of hydrogen-bond donors (Lipinski definition) is 0. The molecule has 0 aliphatic rings. The minimum Gasteiger partial charge on any atom is -0.467 e. The van der Waals surface area contributed by atoms with Crippen molar-refractivity contribution in [3.63, 3.8) is 0 Å². The van der Waals surface area contributed by atoms with Gasteiger partial charge in [0.1, 0.15) is 12.6 Å². The smallest absolute Gasteiger partial charge is 0.338 e. The lowest BCUT2D eigenvalue weighted by Crippen LogP contribution is -2.46. The average Bonchev–Trinajstić information content (AvgIpc) is 2.84. The van der Waals surface area contributed by atoms with Crippen LogP contribution in [0.5, 0.6) is 0 Å². The van der Waals surface area contributed by atoms with Gasteiger partial charge in [-0.05, 0) is 31.7 Å². The number of anilines is 1. The Balaban J connectivity index is 3.15. The number of amides is 1. The second kappa shape index (κ2) is 8.06. The highest BCUT2D eigenvalue weighted by molar-refractivity contribution is 7.84. The van der Waals surface area contributed by atoms with E-state index in [1.54, 1.807) is 6.92 Å². The Morgan fingerprint density at radius 2 is 1.88 bits per heavy atom. The van der Waals surface area contributed by atoms with Gasteiger partial charge in [0.05, 0.1) is 12.8 Å². The zero-order valence-electron chi connectivity index (χ0n) is 14.5. The van der Waals surface area contributed by atoms with Gasteiger partial charge < -0.3 is 4.74 Å². The molecule has 0 aliphatic heterocycles. The van der Waals surface area contributed by atoms with Gasteiger partial charge in [0.15, 0.2) is 0 Å². The third kappa shape index (κ3) is 4.53. The third-order valence-corrected chi connectivity index (χ3v) is 5.67.